The minimum Gasteiger partial charge on any atom is -0.491 e. The summed E-state index contributed by atoms with van der Waals surface area (Å²) in [5, 5.41) is 12.9. The Hall–Kier alpha value is -1.13. The van der Waals surface area contributed by atoms with Gasteiger partial charge in [0.2, 0.25) is 0 Å². The summed E-state index contributed by atoms with van der Waals surface area (Å²) >= 11 is 0. The molecule has 0 bridgehead atoms. The molecule has 0 fully saturated rings. The molecule has 1 aromatic carbocycles. The summed E-state index contributed by atoms with van der Waals surface area (Å²) in [6.45, 7) is 8.53. The zero-order valence-corrected chi connectivity index (χ0v) is 11.5. The highest BCUT2D eigenvalue weighted by Crippen LogP contribution is 2.18. The van der Waals surface area contributed by atoms with Crippen molar-refractivity contribution >= 4 is 0 Å². The first-order valence-corrected chi connectivity index (χ1v) is 6.10. The average Bonchev–Trinajstić information content (AvgIpc) is 2.24. The summed E-state index contributed by atoms with van der Waals surface area (Å²) in [7, 11) is 0. The highest BCUT2D eigenvalue weighted by atomic mass is 19.1. The monoisotopic (exact) mass is 255 g/mol. The lowest BCUT2D eigenvalue weighted by Crippen LogP contribution is -2.42. The first-order chi connectivity index (χ1) is 8.28. The second-order valence-corrected chi connectivity index (χ2v) is 5.51. The zero-order valence-electron chi connectivity index (χ0n) is 11.5. The number of rotatable bonds is 5. The summed E-state index contributed by atoms with van der Waals surface area (Å²) in [4.78, 5) is 0. The number of benzene rings is 1. The van der Waals surface area contributed by atoms with E-state index in [9.17, 15) is 9.50 Å². The van der Waals surface area contributed by atoms with E-state index in [1.165, 1.54) is 12.1 Å². The summed E-state index contributed by atoms with van der Waals surface area (Å²) < 4.78 is 18.3. The Kier molecular flexibility index (Phi) is 5.11. The number of nitrogens with one attached hydrogen (secondary N) is 1. The van der Waals surface area contributed by atoms with Gasteiger partial charge in [0.05, 0.1) is 0 Å². The normalized spacial score (nSPS) is 13.4. The molecule has 1 aromatic rings. The summed E-state index contributed by atoms with van der Waals surface area (Å²) in [5.74, 6) is 0.320. The van der Waals surface area contributed by atoms with Crippen molar-refractivity contribution in [2.45, 2.75) is 39.3 Å². The highest BCUT2D eigenvalue weighted by Gasteiger charge is 2.13. The molecule has 0 saturated heterocycles. The van der Waals surface area contributed by atoms with E-state index in [2.05, 4.69) is 5.32 Å². The lowest BCUT2D eigenvalue weighted by atomic mass is 10.1. The average molecular weight is 255 g/mol. The van der Waals surface area contributed by atoms with Crippen LogP contribution in [0, 0.1) is 12.7 Å². The Morgan fingerprint density at radius 2 is 2.06 bits per heavy atom. The molecular weight excluding hydrogens is 233 g/mol. The molecule has 0 radical (unpaired) electrons. The van der Waals surface area contributed by atoms with Crippen LogP contribution in [-0.4, -0.2) is 29.9 Å². The maximum Gasteiger partial charge on any atom is 0.123 e. The van der Waals surface area contributed by atoms with Crippen LogP contribution in [0.3, 0.4) is 0 Å². The van der Waals surface area contributed by atoms with Crippen molar-refractivity contribution in [3.8, 4) is 5.75 Å². The highest BCUT2D eigenvalue weighted by molar-refractivity contribution is 5.32. The maximum atomic E-state index is 12.9. The maximum absolute atomic E-state index is 12.9. The smallest absolute Gasteiger partial charge is 0.123 e. The van der Waals surface area contributed by atoms with Crippen molar-refractivity contribution in [3.05, 3.63) is 29.6 Å². The van der Waals surface area contributed by atoms with E-state index in [1.807, 2.05) is 20.8 Å². The molecule has 1 atom stereocenters. The molecule has 0 saturated carbocycles. The molecule has 0 aliphatic heterocycles. The molecule has 2 N–H and O–H groups in total. The molecule has 0 spiro atoms. The van der Waals surface area contributed by atoms with Crippen molar-refractivity contribution in [1.29, 1.82) is 0 Å². The van der Waals surface area contributed by atoms with Crippen molar-refractivity contribution in [2.75, 3.05) is 13.2 Å². The minimum atomic E-state index is -0.589. The fraction of sp³-hybridized carbons (Fsp3) is 0.571. The molecule has 0 aliphatic carbocycles. The van der Waals surface area contributed by atoms with E-state index >= 15 is 0 Å². The van der Waals surface area contributed by atoms with Gasteiger partial charge in [-0.1, -0.05) is 0 Å². The topological polar surface area (TPSA) is 41.5 Å². The Labute approximate surface area is 108 Å². The van der Waals surface area contributed by atoms with Crippen LogP contribution in [0.1, 0.15) is 26.3 Å². The fourth-order valence-electron chi connectivity index (χ4n) is 1.44. The molecule has 1 unspecified atom stereocenters. The van der Waals surface area contributed by atoms with E-state index in [0.29, 0.717) is 12.3 Å². The van der Waals surface area contributed by atoms with Crippen molar-refractivity contribution in [1.82, 2.24) is 5.32 Å². The Balaban J connectivity index is 2.40. The van der Waals surface area contributed by atoms with Crippen molar-refractivity contribution < 1.29 is 14.2 Å². The van der Waals surface area contributed by atoms with Crippen LogP contribution in [0.2, 0.25) is 0 Å². The molecule has 1 rings (SSSR count). The standard InChI is InChI=1S/C14H22FNO2/c1-10-7-11(15)5-6-13(10)18-9-12(17)8-16-14(2,3)4/h5-7,12,16-17H,8-9H2,1-4H3. The van der Waals surface area contributed by atoms with Gasteiger partial charge in [-0.15, -0.1) is 0 Å². The SMILES string of the molecule is Cc1cc(F)ccc1OCC(O)CNC(C)(C)C. The van der Waals surface area contributed by atoms with E-state index in [4.69, 9.17) is 4.74 Å². The first-order valence-electron chi connectivity index (χ1n) is 6.10. The van der Waals surface area contributed by atoms with Crippen LogP contribution in [0.15, 0.2) is 18.2 Å². The minimum absolute atomic E-state index is 0.0349. The van der Waals surface area contributed by atoms with Crippen LogP contribution in [0.4, 0.5) is 4.39 Å². The molecule has 0 amide bonds. The lowest BCUT2D eigenvalue weighted by Gasteiger charge is -2.23. The third-order valence-electron chi connectivity index (χ3n) is 2.44. The molecule has 18 heavy (non-hydrogen) atoms. The second-order valence-electron chi connectivity index (χ2n) is 5.51. The zero-order chi connectivity index (χ0) is 13.8. The van der Waals surface area contributed by atoms with Gasteiger partial charge in [-0.3, -0.25) is 0 Å². The molecule has 3 nitrogen and oxygen atoms in total. The summed E-state index contributed by atoms with van der Waals surface area (Å²) in [6, 6.07) is 4.34. The van der Waals surface area contributed by atoms with Crippen molar-refractivity contribution in [2.24, 2.45) is 0 Å². The van der Waals surface area contributed by atoms with E-state index in [1.54, 1.807) is 13.0 Å². The molecule has 0 heterocycles. The molecular formula is C14H22FNO2. The van der Waals surface area contributed by atoms with E-state index < -0.39 is 6.10 Å². The van der Waals surface area contributed by atoms with Crippen LogP contribution >= 0.6 is 0 Å². The molecule has 0 aromatic heterocycles. The number of hydrogen-bond donors (Lipinski definition) is 2. The predicted octanol–water partition coefficient (Wildman–Crippen LogP) is 2.26. The van der Waals surface area contributed by atoms with Gasteiger partial charge < -0.3 is 15.2 Å². The molecule has 102 valence electrons. The largest absolute Gasteiger partial charge is 0.491 e. The number of aliphatic hydroxyl groups excluding tert-OH is 1. The third-order valence-corrected chi connectivity index (χ3v) is 2.44. The number of β-amino-alcohol motifs (C(OH)–C–C–N with tert-alkyl or cyclic N) is 1. The lowest BCUT2D eigenvalue weighted by molar-refractivity contribution is 0.0997. The second kappa shape index (κ2) is 6.16. The third kappa shape index (κ3) is 5.47. The van der Waals surface area contributed by atoms with Crippen LogP contribution in [0.25, 0.3) is 0 Å². The van der Waals surface area contributed by atoms with Crippen molar-refractivity contribution in [3.63, 3.8) is 0 Å². The Morgan fingerprint density at radius 1 is 1.39 bits per heavy atom. The number of aryl methyl sites for hydroxylation is 1. The van der Waals surface area contributed by atoms with Gasteiger partial charge in [-0.25, -0.2) is 4.39 Å². The summed E-state index contributed by atoms with van der Waals surface area (Å²) in [6.07, 6.45) is -0.589. The number of hydrogen-bond acceptors (Lipinski definition) is 3. The van der Waals surface area contributed by atoms with E-state index in [0.717, 1.165) is 5.56 Å². The van der Waals surface area contributed by atoms with E-state index in [-0.39, 0.29) is 18.0 Å². The summed E-state index contributed by atoms with van der Waals surface area (Å²) in [5.41, 5.74) is 0.693. The van der Waals surface area contributed by atoms with Gasteiger partial charge in [0.1, 0.15) is 24.3 Å². The molecule has 0 aliphatic rings. The van der Waals surface area contributed by atoms with Crippen LogP contribution in [0.5, 0.6) is 5.75 Å². The fourth-order valence-corrected chi connectivity index (χ4v) is 1.44. The van der Waals surface area contributed by atoms with Crippen LogP contribution in [-0.2, 0) is 0 Å². The van der Waals surface area contributed by atoms with Gasteiger partial charge in [-0.2, -0.15) is 0 Å². The Morgan fingerprint density at radius 3 is 2.61 bits per heavy atom. The van der Waals surface area contributed by atoms with Crippen LogP contribution < -0.4 is 10.1 Å². The first kappa shape index (κ1) is 14.9. The predicted molar refractivity (Wildman–Crippen MR) is 70.4 cm³/mol. The van der Waals surface area contributed by atoms with Gasteiger partial charge in [0, 0.05) is 12.1 Å². The molecule has 4 heteroatoms. The van der Waals surface area contributed by atoms with Gasteiger partial charge in [0.25, 0.3) is 0 Å². The van der Waals surface area contributed by atoms with Gasteiger partial charge >= 0.3 is 0 Å². The van der Waals surface area contributed by atoms with Gasteiger partial charge in [0.15, 0.2) is 0 Å². The number of aliphatic hydroxyl groups is 1. The van der Waals surface area contributed by atoms with Gasteiger partial charge in [-0.05, 0) is 51.5 Å². The number of ether oxygens (including phenoxy) is 1. The number of halogens is 1. The quantitative estimate of drug-likeness (QED) is 0.848. The Bertz CT molecular complexity index is 388.